The topological polar surface area (TPSA) is 59.0 Å². The van der Waals surface area contributed by atoms with Gasteiger partial charge in [0.1, 0.15) is 18.2 Å². The van der Waals surface area contributed by atoms with Crippen LogP contribution in [0.3, 0.4) is 0 Å². The SMILES string of the molecule is CCNCCn1c(=O)[nH]c2cc(/C=C3\c4ccccc4COc4cc(F)ccc43)ccc21. The van der Waals surface area contributed by atoms with Crippen LogP contribution in [0.2, 0.25) is 0 Å². The molecule has 0 saturated carbocycles. The lowest BCUT2D eigenvalue weighted by Crippen LogP contribution is -2.25. The largest absolute Gasteiger partial charge is 0.488 e. The number of nitrogens with one attached hydrogen (secondary N) is 2. The average molecular weight is 429 g/mol. The van der Waals surface area contributed by atoms with E-state index in [-0.39, 0.29) is 11.5 Å². The highest BCUT2D eigenvalue weighted by molar-refractivity contribution is 5.95. The molecular formula is C26H24FN3O2. The molecule has 1 aliphatic heterocycles. The zero-order valence-corrected chi connectivity index (χ0v) is 17.8. The van der Waals surface area contributed by atoms with Crippen molar-refractivity contribution in [2.45, 2.75) is 20.1 Å². The molecule has 0 saturated heterocycles. The van der Waals surface area contributed by atoms with Crippen molar-refractivity contribution >= 4 is 22.7 Å². The molecule has 0 amide bonds. The van der Waals surface area contributed by atoms with Gasteiger partial charge in [0, 0.05) is 24.7 Å². The van der Waals surface area contributed by atoms with Gasteiger partial charge in [0.25, 0.3) is 0 Å². The van der Waals surface area contributed by atoms with Gasteiger partial charge in [-0.1, -0.05) is 37.3 Å². The Morgan fingerprint density at radius 1 is 1.12 bits per heavy atom. The van der Waals surface area contributed by atoms with Gasteiger partial charge in [0.2, 0.25) is 0 Å². The molecular weight excluding hydrogens is 405 g/mol. The number of imidazole rings is 1. The number of ether oxygens (including phenoxy) is 1. The Kier molecular flexibility index (Phi) is 5.37. The normalized spacial score (nSPS) is 14.1. The number of hydrogen-bond donors (Lipinski definition) is 2. The van der Waals surface area contributed by atoms with Crippen LogP contribution in [0, 0.1) is 5.82 Å². The molecule has 6 heteroatoms. The van der Waals surface area contributed by atoms with E-state index >= 15 is 0 Å². The minimum Gasteiger partial charge on any atom is -0.488 e. The standard InChI is InChI=1S/C26H24FN3O2/c1-2-28-11-12-30-24-10-7-17(14-23(24)29-26(30)31)13-22-20-6-4-3-5-18(20)16-32-25-15-19(27)8-9-21(22)25/h3-10,13-15,28H,2,11-12,16H2,1H3,(H,29,31)/b22-13+. The molecule has 3 aromatic carbocycles. The second-order valence-corrected chi connectivity index (χ2v) is 7.86. The minimum atomic E-state index is -0.327. The molecule has 0 aliphatic carbocycles. The van der Waals surface area contributed by atoms with E-state index in [0.717, 1.165) is 51.9 Å². The maximum atomic E-state index is 13.9. The van der Waals surface area contributed by atoms with Gasteiger partial charge in [-0.05, 0) is 59.1 Å². The monoisotopic (exact) mass is 429 g/mol. The van der Waals surface area contributed by atoms with Crippen LogP contribution in [0.1, 0.15) is 29.2 Å². The first-order valence-electron chi connectivity index (χ1n) is 10.8. The Bertz CT molecular complexity index is 1380. The quantitative estimate of drug-likeness (QED) is 0.457. The molecule has 0 bridgehead atoms. The minimum absolute atomic E-state index is 0.114. The van der Waals surface area contributed by atoms with Crippen LogP contribution in [-0.2, 0) is 13.2 Å². The maximum Gasteiger partial charge on any atom is 0.326 e. The summed E-state index contributed by atoms with van der Waals surface area (Å²) in [5, 5.41) is 3.25. The van der Waals surface area contributed by atoms with E-state index in [1.54, 1.807) is 10.6 Å². The molecule has 162 valence electrons. The van der Waals surface area contributed by atoms with Gasteiger partial charge in [-0.3, -0.25) is 4.57 Å². The maximum absolute atomic E-state index is 13.9. The zero-order valence-electron chi connectivity index (χ0n) is 17.8. The summed E-state index contributed by atoms with van der Waals surface area (Å²) in [5.41, 5.74) is 6.39. The van der Waals surface area contributed by atoms with E-state index in [1.165, 1.54) is 12.1 Å². The number of aromatic amines is 1. The van der Waals surface area contributed by atoms with E-state index in [2.05, 4.69) is 22.4 Å². The smallest absolute Gasteiger partial charge is 0.326 e. The summed E-state index contributed by atoms with van der Waals surface area (Å²) in [5.74, 6) is 0.198. The number of aromatic nitrogens is 2. The lowest BCUT2D eigenvalue weighted by Gasteiger charge is -2.11. The number of fused-ring (bicyclic) bond motifs is 3. The van der Waals surface area contributed by atoms with Crippen LogP contribution in [0.15, 0.2) is 65.5 Å². The lowest BCUT2D eigenvalue weighted by molar-refractivity contribution is 0.305. The predicted octanol–water partition coefficient (Wildman–Crippen LogP) is 4.56. The number of H-pyrrole nitrogens is 1. The van der Waals surface area contributed by atoms with E-state index < -0.39 is 0 Å². The first-order valence-corrected chi connectivity index (χ1v) is 10.8. The van der Waals surface area contributed by atoms with Gasteiger partial charge >= 0.3 is 5.69 Å². The Hall–Kier alpha value is -3.64. The van der Waals surface area contributed by atoms with Crippen molar-refractivity contribution in [2.24, 2.45) is 0 Å². The molecule has 4 aromatic rings. The van der Waals surface area contributed by atoms with E-state index in [9.17, 15) is 9.18 Å². The number of hydrogen-bond acceptors (Lipinski definition) is 3. The van der Waals surface area contributed by atoms with Gasteiger partial charge in [0.15, 0.2) is 0 Å². The number of nitrogens with zero attached hydrogens (tertiary/aromatic N) is 1. The molecule has 32 heavy (non-hydrogen) atoms. The molecule has 0 spiro atoms. The molecule has 1 aliphatic rings. The highest BCUT2D eigenvalue weighted by Gasteiger charge is 2.19. The highest BCUT2D eigenvalue weighted by Crippen LogP contribution is 2.38. The fourth-order valence-electron chi connectivity index (χ4n) is 4.23. The summed E-state index contributed by atoms with van der Waals surface area (Å²) in [6.07, 6.45) is 2.07. The fourth-order valence-corrected chi connectivity index (χ4v) is 4.23. The third-order valence-electron chi connectivity index (χ3n) is 5.80. The summed E-state index contributed by atoms with van der Waals surface area (Å²) in [6.45, 7) is 4.63. The second kappa shape index (κ2) is 8.48. The average Bonchev–Trinajstić information content (AvgIpc) is 3.02. The number of benzene rings is 3. The molecule has 0 unspecified atom stereocenters. The van der Waals surface area contributed by atoms with Crippen molar-refractivity contribution in [3.8, 4) is 5.75 Å². The van der Waals surface area contributed by atoms with Crippen LogP contribution in [0.25, 0.3) is 22.7 Å². The molecule has 1 aromatic heterocycles. The molecule has 2 heterocycles. The summed E-state index contributed by atoms with van der Waals surface area (Å²) >= 11 is 0. The predicted molar refractivity (Wildman–Crippen MR) is 125 cm³/mol. The summed E-state index contributed by atoms with van der Waals surface area (Å²) in [6, 6.07) is 18.6. The summed E-state index contributed by atoms with van der Waals surface area (Å²) in [7, 11) is 0. The Balaban J connectivity index is 1.62. The Morgan fingerprint density at radius 3 is 2.88 bits per heavy atom. The molecule has 0 fully saturated rings. The summed E-state index contributed by atoms with van der Waals surface area (Å²) in [4.78, 5) is 15.4. The lowest BCUT2D eigenvalue weighted by atomic mass is 9.92. The van der Waals surface area contributed by atoms with Crippen molar-refractivity contribution in [1.29, 1.82) is 0 Å². The van der Waals surface area contributed by atoms with Gasteiger partial charge < -0.3 is 15.0 Å². The van der Waals surface area contributed by atoms with Crippen molar-refractivity contribution in [1.82, 2.24) is 14.9 Å². The van der Waals surface area contributed by atoms with E-state index in [4.69, 9.17) is 4.74 Å². The number of rotatable bonds is 5. The van der Waals surface area contributed by atoms with Crippen molar-refractivity contribution in [3.05, 3.63) is 99.2 Å². The van der Waals surface area contributed by atoms with Gasteiger partial charge in [0.05, 0.1) is 11.0 Å². The first-order chi connectivity index (χ1) is 15.6. The van der Waals surface area contributed by atoms with Gasteiger partial charge in [-0.15, -0.1) is 0 Å². The van der Waals surface area contributed by atoms with E-state index in [1.807, 2.05) is 43.3 Å². The van der Waals surface area contributed by atoms with Crippen molar-refractivity contribution in [2.75, 3.05) is 13.1 Å². The van der Waals surface area contributed by atoms with Crippen LogP contribution in [-0.4, -0.2) is 22.6 Å². The van der Waals surface area contributed by atoms with Crippen molar-refractivity contribution < 1.29 is 9.13 Å². The highest BCUT2D eigenvalue weighted by atomic mass is 19.1. The van der Waals surface area contributed by atoms with Crippen molar-refractivity contribution in [3.63, 3.8) is 0 Å². The Morgan fingerprint density at radius 2 is 2.00 bits per heavy atom. The van der Waals surface area contributed by atoms with E-state index in [0.29, 0.717) is 18.9 Å². The van der Waals surface area contributed by atoms with Crippen LogP contribution >= 0.6 is 0 Å². The van der Waals surface area contributed by atoms with Gasteiger partial charge in [-0.25, -0.2) is 9.18 Å². The van der Waals surface area contributed by atoms with Gasteiger partial charge in [-0.2, -0.15) is 0 Å². The first kappa shape index (κ1) is 20.3. The van der Waals surface area contributed by atoms with Crippen LogP contribution in [0.4, 0.5) is 4.39 Å². The molecule has 2 N–H and O–H groups in total. The summed E-state index contributed by atoms with van der Waals surface area (Å²) < 4.78 is 21.6. The van der Waals surface area contributed by atoms with Crippen LogP contribution < -0.4 is 15.7 Å². The zero-order chi connectivity index (χ0) is 22.1. The molecule has 0 radical (unpaired) electrons. The number of likely N-dealkylation sites (N-methyl/N-ethyl adjacent to an activating group) is 1. The fraction of sp³-hybridized carbons (Fsp3) is 0.192. The third-order valence-corrected chi connectivity index (χ3v) is 5.80. The van der Waals surface area contributed by atoms with Crippen LogP contribution in [0.5, 0.6) is 5.75 Å². The molecule has 0 atom stereocenters. The third kappa shape index (κ3) is 3.74. The second-order valence-electron chi connectivity index (χ2n) is 7.86. The Labute approximate surface area is 185 Å². The molecule has 5 rings (SSSR count). The number of halogens is 1. The molecule has 5 nitrogen and oxygen atoms in total.